The van der Waals surface area contributed by atoms with E-state index >= 15 is 0 Å². The SMILES string of the molecule is CC(C)(Oc1cc(C(=O)OC23CC4CC(C2)CC(C(=O)OCCS(=O)(=O)[O-])(C4)C3)ccc1OC(F)(F)F)c1ccccc1. The molecule has 0 saturated heterocycles. The average Bonchev–Trinajstić information content (AvgIpc) is 2.87. The molecule has 13 heteroatoms. The van der Waals surface area contributed by atoms with Crippen LogP contribution >= 0.6 is 0 Å². The first kappa shape index (κ1) is 31.1. The summed E-state index contributed by atoms with van der Waals surface area (Å²) in [6.07, 6.45) is -1.96. The number of carbonyl (C=O) groups is 2. The van der Waals surface area contributed by atoms with Crippen LogP contribution in [0.25, 0.3) is 0 Å². The first-order valence-electron chi connectivity index (χ1n) is 14.0. The molecule has 0 amide bonds. The fraction of sp³-hybridized carbons (Fsp3) is 0.533. The summed E-state index contributed by atoms with van der Waals surface area (Å²) >= 11 is 0. The number of alkyl halides is 3. The van der Waals surface area contributed by atoms with E-state index in [0.29, 0.717) is 31.2 Å². The van der Waals surface area contributed by atoms with E-state index in [-0.39, 0.29) is 29.6 Å². The van der Waals surface area contributed by atoms with Gasteiger partial charge in [-0.2, -0.15) is 0 Å². The normalized spacial score (nSPS) is 26.6. The molecule has 9 nitrogen and oxygen atoms in total. The Kier molecular flexibility index (Phi) is 7.95. The molecule has 4 fully saturated rings. The van der Waals surface area contributed by atoms with Crippen molar-refractivity contribution in [2.75, 3.05) is 12.4 Å². The number of hydrogen-bond acceptors (Lipinski definition) is 9. The molecule has 0 heterocycles. The number of esters is 2. The van der Waals surface area contributed by atoms with Crippen molar-refractivity contribution in [1.29, 1.82) is 0 Å². The van der Waals surface area contributed by atoms with E-state index in [1.54, 1.807) is 44.2 Å². The highest BCUT2D eigenvalue weighted by molar-refractivity contribution is 7.85. The molecule has 2 aromatic rings. The van der Waals surface area contributed by atoms with Crippen LogP contribution in [0.1, 0.15) is 68.3 Å². The summed E-state index contributed by atoms with van der Waals surface area (Å²) in [5.41, 5.74) is -2.45. The number of rotatable bonds is 10. The van der Waals surface area contributed by atoms with Crippen LogP contribution in [0.2, 0.25) is 0 Å². The van der Waals surface area contributed by atoms with Gasteiger partial charge in [0.2, 0.25) is 0 Å². The van der Waals surface area contributed by atoms with Gasteiger partial charge in [0.15, 0.2) is 11.5 Å². The monoisotopic (exact) mass is 625 g/mol. The molecule has 0 spiro atoms. The van der Waals surface area contributed by atoms with Gasteiger partial charge in [-0.25, -0.2) is 13.2 Å². The van der Waals surface area contributed by atoms with Crippen molar-refractivity contribution in [2.24, 2.45) is 17.3 Å². The first-order valence-corrected chi connectivity index (χ1v) is 15.5. The summed E-state index contributed by atoms with van der Waals surface area (Å²) in [7, 11) is -4.56. The minimum absolute atomic E-state index is 0.0542. The zero-order chi connectivity index (χ0) is 31.3. The van der Waals surface area contributed by atoms with Gasteiger partial charge in [0, 0.05) is 6.42 Å². The lowest BCUT2D eigenvalue weighted by Crippen LogP contribution is -2.60. The molecular weight excluding hydrogens is 593 g/mol. The summed E-state index contributed by atoms with van der Waals surface area (Å²) < 4.78 is 94.0. The fourth-order valence-corrected chi connectivity index (χ4v) is 7.57. The van der Waals surface area contributed by atoms with Gasteiger partial charge >= 0.3 is 18.3 Å². The summed E-state index contributed by atoms with van der Waals surface area (Å²) in [6, 6.07) is 12.2. The van der Waals surface area contributed by atoms with Crippen LogP contribution in [0.3, 0.4) is 0 Å². The minimum atomic E-state index is -5.00. The molecule has 0 aliphatic heterocycles. The molecule has 0 radical (unpaired) electrons. The smallest absolute Gasteiger partial charge is 0.573 e. The number of hydrogen-bond donors (Lipinski definition) is 0. The van der Waals surface area contributed by atoms with Gasteiger partial charge in [-0.3, -0.25) is 4.79 Å². The third-order valence-electron chi connectivity index (χ3n) is 8.56. The Bertz CT molecular complexity index is 1470. The van der Waals surface area contributed by atoms with Crippen molar-refractivity contribution in [2.45, 2.75) is 69.9 Å². The molecule has 2 atom stereocenters. The van der Waals surface area contributed by atoms with E-state index in [2.05, 4.69) is 4.74 Å². The minimum Gasteiger partial charge on any atom is -0.748 e. The Balaban J connectivity index is 1.38. The van der Waals surface area contributed by atoms with Crippen LogP contribution in [0, 0.1) is 17.3 Å². The van der Waals surface area contributed by atoms with Crippen molar-refractivity contribution in [3.63, 3.8) is 0 Å². The van der Waals surface area contributed by atoms with E-state index < -0.39 is 63.1 Å². The molecule has 234 valence electrons. The zero-order valence-corrected chi connectivity index (χ0v) is 24.5. The number of benzene rings is 2. The van der Waals surface area contributed by atoms with E-state index in [1.807, 2.05) is 0 Å². The lowest BCUT2D eigenvalue weighted by molar-refractivity contribution is -0.275. The van der Waals surface area contributed by atoms with Gasteiger partial charge < -0.3 is 23.5 Å². The second-order valence-electron chi connectivity index (χ2n) is 12.4. The molecule has 4 aliphatic carbocycles. The molecule has 6 rings (SSSR count). The van der Waals surface area contributed by atoms with Crippen molar-refractivity contribution >= 4 is 22.1 Å². The van der Waals surface area contributed by atoms with E-state index in [4.69, 9.17) is 14.2 Å². The molecule has 4 bridgehead atoms. The molecule has 43 heavy (non-hydrogen) atoms. The van der Waals surface area contributed by atoms with Gasteiger partial charge in [0.05, 0.1) is 26.8 Å². The highest BCUT2D eigenvalue weighted by Crippen LogP contribution is 2.63. The molecule has 0 N–H and O–H groups in total. The third-order valence-corrected chi connectivity index (χ3v) is 9.22. The average molecular weight is 626 g/mol. The number of ether oxygens (including phenoxy) is 4. The largest absolute Gasteiger partial charge is 0.748 e. The van der Waals surface area contributed by atoms with Gasteiger partial charge in [-0.15, -0.1) is 13.2 Å². The molecule has 4 saturated carbocycles. The standard InChI is InChI=1S/C30H33F3O9S/c1-27(2,22-6-4-3-5-7-22)40-24-13-21(8-9-23(24)41-30(31,32)33)25(34)42-29-16-19-12-20(17-29)15-28(14-19,18-29)26(35)39-10-11-43(36,37)38/h3-9,13,19-20H,10-12,14-18H2,1-2H3,(H,36,37,38)/p-1. The Labute approximate surface area is 247 Å². The zero-order valence-electron chi connectivity index (χ0n) is 23.6. The first-order chi connectivity index (χ1) is 20.0. The second-order valence-corrected chi connectivity index (χ2v) is 13.9. The van der Waals surface area contributed by atoms with E-state index in [1.165, 1.54) is 6.07 Å². The summed E-state index contributed by atoms with van der Waals surface area (Å²) in [5, 5.41) is 0. The molecular formula is C30H32F3O9S-. The van der Waals surface area contributed by atoms with E-state index in [9.17, 15) is 35.7 Å². The second kappa shape index (κ2) is 11.0. The van der Waals surface area contributed by atoms with Crippen LogP contribution in [0.5, 0.6) is 11.5 Å². The number of halogens is 3. The topological polar surface area (TPSA) is 128 Å². The maximum atomic E-state index is 13.5. The third kappa shape index (κ3) is 7.09. The highest BCUT2D eigenvalue weighted by Gasteiger charge is 2.63. The van der Waals surface area contributed by atoms with Gasteiger partial charge in [-0.1, -0.05) is 30.3 Å². The lowest BCUT2D eigenvalue weighted by Gasteiger charge is -2.59. The van der Waals surface area contributed by atoms with Crippen molar-refractivity contribution < 1.29 is 54.7 Å². The van der Waals surface area contributed by atoms with Crippen LogP contribution in [-0.4, -0.2) is 49.2 Å². The summed E-state index contributed by atoms with van der Waals surface area (Å²) in [5.74, 6) is -3.02. The molecule has 2 aromatic carbocycles. The summed E-state index contributed by atoms with van der Waals surface area (Å²) in [6.45, 7) is 2.79. The van der Waals surface area contributed by atoms with Gasteiger partial charge in [0.25, 0.3) is 0 Å². The van der Waals surface area contributed by atoms with Crippen molar-refractivity contribution in [1.82, 2.24) is 0 Å². The Morgan fingerprint density at radius 2 is 1.60 bits per heavy atom. The van der Waals surface area contributed by atoms with Crippen molar-refractivity contribution in [3.8, 4) is 11.5 Å². The Morgan fingerprint density at radius 1 is 0.953 bits per heavy atom. The van der Waals surface area contributed by atoms with Gasteiger partial charge in [-0.05, 0) is 81.5 Å². The lowest BCUT2D eigenvalue weighted by atomic mass is 9.48. The number of carbonyl (C=O) groups excluding carboxylic acids is 2. The van der Waals surface area contributed by atoms with Crippen LogP contribution in [0.4, 0.5) is 13.2 Å². The van der Waals surface area contributed by atoms with Crippen LogP contribution in [-0.2, 0) is 30.0 Å². The van der Waals surface area contributed by atoms with E-state index in [0.717, 1.165) is 18.6 Å². The predicted octanol–water partition coefficient (Wildman–Crippen LogP) is 5.48. The van der Waals surface area contributed by atoms with Crippen LogP contribution in [0.15, 0.2) is 48.5 Å². The van der Waals surface area contributed by atoms with Crippen molar-refractivity contribution in [3.05, 3.63) is 59.7 Å². The highest BCUT2D eigenvalue weighted by atomic mass is 32.2. The van der Waals surface area contributed by atoms with Crippen LogP contribution < -0.4 is 9.47 Å². The fourth-order valence-electron chi connectivity index (χ4n) is 7.28. The predicted molar refractivity (Wildman–Crippen MR) is 144 cm³/mol. The molecule has 4 aliphatic rings. The Hall–Kier alpha value is -3.32. The quantitative estimate of drug-likeness (QED) is 0.249. The van der Waals surface area contributed by atoms with Gasteiger partial charge in [0.1, 0.15) is 17.8 Å². The molecule has 2 unspecified atom stereocenters. The maximum absolute atomic E-state index is 13.5. The Morgan fingerprint density at radius 3 is 2.21 bits per heavy atom. The molecule has 0 aromatic heterocycles. The summed E-state index contributed by atoms with van der Waals surface area (Å²) in [4.78, 5) is 26.7. The maximum Gasteiger partial charge on any atom is 0.573 e.